The van der Waals surface area contributed by atoms with Gasteiger partial charge in [0.15, 0.2) is 0 Å². The van der Waals surface area contributed by atoms with Crippen LogP contribution >= 0.6 is 0 Å². The Bertz CT molecular complexity index is 133. The maximum atomic E-state index is 10.3. The first-order chi connectivity index (χ1) is 9.12. The van der Waals surface area contributed by atoms with Crippen LogP contribution in [0.2, 0.25) is 13.6 Å². The standard InChI is InChI=1S/C4H10.C3H6O.C2H5F.2CH3B.CHFO/c1-4(2)3;1-3(2)4;1-2-3;2*1-2;2-1-3/h4H,1-3H3;1-2H3;2H2,1H3;2*1H3;1H/i;;;2*1T;. The van der Waals surface area contributed by atoms with Crippen LogP contribution in [0.5, 0.6) is 0 Å². The van der Waals surface area contributed by atoms with Crippen molar-refractivity contribution < 1.29 is 21.1 Å². The summed E-state index contributed by atoms with van der Waals surface area (Å²) < 4.78 is 31.9. The molecule has 0 bridgehead atoms. The van der Waals surface area contributed by atoms with Crippen molar-refractivity contribution in [2.75, 3.05) is 6.67 Å². The van der Waals surface area contributed by atoms with Gasteiger partial charge in [0, 0.05) is 2.74 Å². The van der Waals surface area contributed by atoms with Gasteiger partial charge in [0.05, 0.1) is 22.4 Å². The van der Waals surface area contributed by atoms with Gasteiger partial charge in [-0.15, -0.1) is 0 Å². The SMILES string of the molecule is CC(C)=O.CC(C)C.CCF.O=CF.[3H]C[B].[3H]C[B]. The maximum absolute atomic E-state index is 10.3. The van der Waals surface area contributed by atoms with E-state index in [4.69, 9.17) is 7.54 Å². The molecular weight excluding hydrogens is 236 g/mol. The Kier molecular flexibility index (Phi) is 103. The molecule has 0 fully saturated rings. The van der Waals surface area contributed by atoms with E-state index >= 15 is 0 Å². The molecule has 4 radical (unpaired) electrons. The van der Waals surface area contributed by atoms with Crippen LogP contribution in [0.15, 0.2) is 0 Å². The second kappa shape index (κ2) is 71.4. The molecule has 0 rings (SSSR count). The zero-order chi connectivity index (χ0) is 18.0. The third-order valence-electron chi connectivity index (χ3n) is 0. The fourth-order valence-electron chi connectivity index (χ4n) is 0. The minimum Gasteiger partial charge on any atom is -0.300 e. The molecule has 108 valence electrons. The van der Waals surface area contributed by atoms with E-state index in [1.54, 1.807) is 0 Å². The van der Waals surface area contributed by atoms with Gasteiger partial charge in [-0.1, -0.05) is 34.4 Å². The Morgan fingerprint density at radius 2 is 1.28 bits per heavy atom. The molecule has 0 heterocycles. The van der Waals surface area contributed by atoms with Gasteiger partial charge >= 0.3 is 0 Å². The minimum atomic E-state index is -0.750. The second-order valence-electron chi connectivity index (χ2n) is 3.00. The third-order valence-corrected chi connectivity index (χ3v) is 0. The largest absolute Gasteiger partial charge is 0.300 e. The molecule has 0 aliphatic heterocycles. The Balaban J connectivity index is -0.0000000296. The van der Waals surface area contributed by atoms with Gasteiger partial charge < -0.3 is 4.79 Å². The number of hydrogen-bond donors (Lipinski definition) is 0. The first-order valence-electron chi connectivity index (χ1n) is 6.60. The van der Waals surface area contributed by atoms with Crippen LogP contribution < -0.4 is 0 Å². The van der Waals surface area contributed by atoms with Crippen LogP contribution in [0, 0.1) is 5.92 Å². The van der Waals surface area contributed by atoms with E-state index in [1.165, 1.54) is 20.8 Å². The molecule has 0 N–H and O–H groups in total. The number of alkyl halides is 1. The summed E-state index contributed by atoms with van der Waals surface area (Å²) in [4.78, 5) is 17.6. The molecule has 0 atom stereocenters. The molecule has 0 unspecified atom stereocenters. The number of Topliss-reactive ketones (excluding diaryl/α,β-unsaturated/α-hetero) is 1. The van der Waals surface area contributed by atoms with E-state index < -0.39 is 6.54 Å². The van der Waals surface area contributed by atoms with Crippen molar-refractivity contribution in [1.82, 2.24) is 0 Å². The zero-order valence-corrected chi connectivity index (χ0v) is 12.5. The summed E-state index contributed by atoms with van der Waals surface area (Å²) in [5, 5.41) is 0. The van der Waals surface area contributed by atoms with E-state index in [2.05, 4.69) is 36.5 Å². The van der Waals surface area contributed by atoms with Crippen LogP contribution in [0.1, 0.15) is 44.3 Å². The number of halogens is 2. The summed E-state index contributed by atoms with van der Waals surface area (Å²) in [6, 6.07) is 0. The first kappa shape index (κ1) is 26.0. The molecule has 0 aliphatic rings. The molecule has 0 amide bonds. The van der Waals surface area contributed by atoms with Crippen molar-refractivity contribution in [3.8, 4) is 0 Å². The van der Waals surface area contributed by atoms with Gasteiger partial charge in [0.2, 0.25) is 0 Å². The molecule has 0 aromatic rings. The lowest BCUT2D eigenvalue weighted by Gasteiger charge is -1.79. The van der Waals surface area contributed by atoms with E-state index in [1.807, 2.05) is 0 Å². The Morgan fingerprint density at radius 1 is 1.28 bits per heavy atom. The number of carbonyl (C=O) groups is 2. The zero-order valence-electron chi connectivity index (χ0n) is 14.5. The molecule has 0 aliphatic carbocycles. The quantitative estimate of drug-likeness (QED) is 0.380. The third kappa shape index (κ3) is 7010. The van der Waals surface area contributed by atoms with Gasteiger partial charge in [-0.2, -0.15) is 4.39 Å². The summed E-state index contributed by atoms with van der Waals surface area (Å²) >= 11 is 0. The molecule has 18 heavy (non-hydrogen) atoms. The van der Waals surface area contributed by atoms with Crippen molar-refractivity contribution in [1.29, 1.82) is 0 Å². The molecule has 0 spiro atoms. The lowest BCUT2D eigenvalue weighted by atomic mass is 10.2. The van der Waals surface area contributed by atoms with Gasteiger partial charge in [0.1, 0.15) is 5.78 Å². The molecular formula is C12H28B2F2O2. The highest BCUT2D eigenvalue weighted by Gasteiger charge is 1.68. The summed E-state index contributed by atoms with van der Waals surface area (Å²) in [5.41, 5.74) is 0. The number of carbonyl (C=O) groups excluding carboxylic acids is 2. The summed E-state index contributed by atoms with van der Waals surface area (Å²) in [6.07, 6.45) is 0. The lowest BCUT2D eigenvalue weighted by Crippen LogP contribution is -1.69. The van der Waals surface area contributed by atoms with E-state index in [-0.39, 0.29) is 26.1 Å². The number of rotatable bonds is 0. The van der Waals surface area contributed by atoms with E-state index in [0.29, 0.717) is 0 Å². The fraction of sp³-hybridized carbons (Fsp3) is 0.833. The maximum Gasteiger partial charge on any atom is 0.289 e. The lowest BCUT2D eigenvalue weighted by molar-refractivity contribution is -0.114. The van der Waals surface area contributed by atoms with Crippen LogP contribution in [-0.4, -0.2) is 34.7 Å². The molecule has 0 aromatic heterocycles. The second-order valence-corrected chi connectivity index (χ2v) is 3.00. The highest BCUT2D eigenvalue weighted by molar-refractivity contribution is 6.05. The topological polar surface area (TPSA) is 34.1 Å². The van der Waals surface area contributed by atoms with Crippen molar-refractivity contribution >= 4 is 28.0 Å². The van der Waals surface area contributed by atoms with E-state index in [9.17, 15) is 13.6 Å². The Hall–Kier alpha value is -0.670. The van der Waals surface area contributed by atoms with Crippen LogP contribution in [-0.2, 0) is 9.59 Å². The molecule has 6 heteroatoms. The Labute approximate surface area is 118 Å². The smallest absolute Gasteiger partial charge is 0.289 e. The summed E-state index contributed by atoms with van der Waals surface area (Å²) in [5.74, 6) is 1.00. The summed E-state index contributed by atoms with van der Waals surface area (Å²) in [7, 11) is 9.03. The highest BCUT2D eigenvalue weighted by Crippen LogP contribution is 1.81. The molecule has 0 saturated carbocycles. The van der Waals surface area contributed by atoms with Gasteiger partial charge in [-0.05, 0) is 26.7 Å². The van der Waals surface area contributed by atoms with Crippen molar-refractivity contribution in [3.63, 3.8) is 0 Å². The number of hydrogen-bond acceptors (Lipinski definition) is 2. The van der Waals surface area contributed by atoms with Crippen molar-refractivity contribution in [3.05, 3.63) is 0 Å². The predicted octanol–water partition coefficient (Wildman–Crippen LogP) is 3.79. The van der Waals surface area contributed by atoms with Gasteiger partial charge in [0.25, 0.3) is 6.54 Å². The average Bonchev–Trinajstić information content (AvgIpc) is 2.18. The average molecular weight is 268 g/mol. The van der Waals surface area contributed by atoms with Crippen LogP contribution in [0.4, 0.5) is 8.78 Å². The minimum absolute atomic E-state index is 0. The molecule has 2 nitrogen and oxygen atoms in total. The predicted molar refractivity (Wildman–Crippen MR) is 79.6 cm³/mol. The van der Waals surface area contributed by atoms with Crippen LogP contribution in [0.3, 0.4) is 0 Å². The van der Waals surface area contributed by atoms with Crippen molar-refractivity contribution in [2.45, 2.75) is 55.1 Å². The summed E-state index contributed by atoms with van der Waals surface area (Å²) in [6.45, 7) is 10.0. The van der Waals surface area contributed by atoms with Gasteiger partial charge in [-0.25, -0.2) is 0 Å². The monoisotopic (exact) mass is 268 g/mol. The molecule has 0 saturated heterocycles. The van der Waals surface area contributed by atoms with E-state index in [0.717, 1.165) is 5.92 Å². The Morgan fingerprint density at radius 3 is 1.28 bits per heavy atom. The van der Waals surface area contributed by atoms with Crippen LogP contribution in [0.25, 0.3) is 0 Å². The van der Waals surface area contributed by atoms with Gasteiger partial charge in [-0.3, -0.25) is 9.18 Å². The highest BCUT2D eigenvalue weighted by atomic mass is 19.1. The number of ketones is 1. The first-order valence-corrected chi connectivity index (χ1v) is 5.18. The normalized spacial score (nSPS) is 7.17. The van der Waals surface area contributed by atoms with Crippen molar-refractivity contribution in [2.24, 2.45) is 5.92 Å². The molecule has 0 aromatic carbocycles. The fourth-order valence-corrected chi connectivity index (χ4v) is 0.